The molecule has 0 aromatic heterocycles. The van der Waals surface area contributed by atoms with Gasteiger partial charge < -0.3 is 14.2 Å². The predicted octanol–water partition coefficient (Wildman–Crippen LogP) is 16.3. The molecule has 0 spiro atoms. The van der Waals surface area contributed by atoms with Gasteiger partial charge in [-0.15, -0.1) is 0 Å². The monoisotopic (exact) mass is 827 g/mol. The number of ether oxygens (including phenoxy) is 3. The number of carbonyl (C=O) groups excluding carboxylic acids is 3. The molecular formula is C53H94O6. The summed E-state index contributed by atoms with van der Waals surface area (Å²) in [6, 6.07) is 0. The fraction of sp³-hybridized carbons (Fsp3) is 0.792. The summed E-state index contributed by atoms with van der Waals surface area (Å²) < 4.78 is 16.7. The zero-order valence-corrected chi connectivity index (χ0v) is 39.0. The van der Waals surface area contributed by atoms with Gasteiger partial charge in [0, 0.05) is 19.3 Å². The van der Waals surface area contributed by atoms with Crippen molar-refractivity contribution in [3.8, 4) is 0 Å². The molecule has 6 heteroatoms. The van der Waals surface area contributed by atoms with Crippen LogP contribution in [0, 0.1) is 0 Å². The van der Waals surface area contributed by atoms with Crippen LogP contribution in [0.3, 0.4) is 0 Å². The van der Waals surface area contributed by atoms with E-state index < -0.39 is 6.10 Å². The van der Waals surface area contributed by atoms with Crippen LogP contribution in [-0.4, -0.2) is 37.2 Å². The molecule has 0 aromatic rings. The third kappa shape index (κ3) is 46.3. The highest BCUT2D eigenvalue weighted by molar-refractivity contribution is 5.71. The van der Waals surface area contributed by atoms with Crippen LogP contribution >= 0.6 is 0 Å². The lowest BCUT2D eigenvalue weighted by Gasteiger charge is -2.18. The van der Waals surface area contributed by atoms with E-state index in [-0.39, 0.29) is 31.1 Å². The molecule has 1 atom stereocenters. The van der Waals surface area contributed by atoms with Gasteiger partial charge in [0.2, 0.25) is 0 Å². The fourth-order valence-corrected chi connectivity index (χ4v) is 6.97. The summed E-state index contributed by atoms with van der Waals surface area (Å²) in [7, 11) is 0. The molecule has 342 valence electrons. The van der Waals surface area contributed by atoms with E-state index >= 15 is 0 Å². The van der Waals surface area contributed by atoms with Gasteiger partial charge in [-0.3, -0.25) is 14.4 Å². The smallest absolute Gasteiger partial charge is 0.306 e. The highest BCUT2D eigenvalue weighted by Gasteiger charge is 2.19. The van der Waals surface area contributed by atoms with E-state index in [1.54, 1.807) is 0 Å². The molecule has 0 heterocycles. The maximum absolute atomic E-state index is 12.7. The second-order valence-electron chi connectivity index (χ2n) is 16.7. The van der Waals surface area contributed by atoms with Crippen LogP contribution in [0.25, 0.3) is 0 Å². The van der Waals surface area contributed by atoms with Crippen LogP contribution in [-0.2, 0) is 28.6 Å². The maximum Gasteiger partial charge on any atom is 0.306 e. The Kier molecular flexibility index (Phi) is 45.9. The van der Waals surface area contributed by atoms with Gasteiger partial charge in [-0.05, 0) is 83.5 Å². The third-order valence-electron chi connectivity index (χ3n) is 10.8. The molecule has 0 radical (unpaired) electrons. The Morgan fingerprint density at radius 3 is 1.00 bits per heavy atom. The Morgan fingerprint density at radius 1 is 0.339 bits per heavy atom. The van der Waals surface area contributed by atoms with Crippen molar-refractivity contribution in [3.05, 3.63) is 48.6 Å². The molecule has 0 aliphatic rings. The molecule has 0 rings (SSSR count). The van der Waals surface area contributed by atoms with Gasteiger partial charge in [0.05, 0.1) is 0 Å². The zero-order valence-electron chi connectivity index (χ0n) is 39.0. The first kappa shape index (κ1) is 56.4. The molecule has 0 aromatic carbocycles. The van der Waals surface area contributed by atoms with Crippen LogP contribution < -0.4 is 0 Å². The molecule has 0 fully saturated rings. The molecule has 59 heavy (non-hydrogen) atoms. The molecule has 0 saturated heterocycles. The van der Waals surface area contributed by atoms with Gasteiger partial charge in [0.1, 0.15) is 13.2 Å². The summed E-state index contributed by atoms with van der Waals surface area (Å²) in [5.74, 6) is -0.904. The van der Waals surface area contributed by atoms with E-state index in [0.29, 0.717) is 19.3 Å². The Morgan fingerprint density at radius 2 is 0.610 bits per heavy atom. The van der Waals surface area contributed by atoms with Crippen LogP contribution in [0.15, 0.2) is 48.6 Å². The van der Waals surface area contributed by atoms with Crippen LogP contribution in [0.5, 0.6) is 0 Å². The second-order valence-corrected chi connectivity index (χ2v) is 16.7. The van der Waals surface area contributed by atoms with Gasteiger partial charge in [0.25, 0.3) is 0 Å². The largest absolute Gasteiger partial charge is 0.462 e. The number of esters is 3. The quantitative estimate of drug-likeness (QED) is 0.0263. The molecule has 0 N–H and O–H groups in total. The number of allylic oxidation sites excluding steroid dienone is 8. The lowest BCUT2D eigenvalue weighted by molar-refractivity contribution is -0.167. The van der Waals surface area contributed by atoms with Gasteiger partial charge in [0.15, 0.2) is 6.10 Å². The van der Waals surface area contributed by atoms with Crippen LogP contribution in [0.1, 0.15) is 252 Å². The molecule has 0 amide bonds. The van der Waals surface area contributed by atoms with Crippen molar-refractivity contribution in [3.63, 3.8) is 0 Å². The zero-order chi connectivity index (χ0) is 43.0. The third-order valence-corrected chi connectivity index (χ3v) is 10.8. The van der Waals surface area contributed by atoms with Gasteiger partial charge in [-0.25, -0.2) is 0 Å². The lowest BCUT2D eigenvalue weighted by Crippen LogP contribution is -2.30. The molecule has 0 bridgehead atoms. The molecule has 6 nitrogen and oxygen atoms in total. The van der Waals surface area contributed by atoms with Crippen molar-refractivity contribution in [2.24, 2.45) is 0 Å². The maximum atomic E-state index is 12.7. The summed E-state index contributed by atoms with van der Waals surface area (Å²) >= 11 is 0. The normalized spacial score (nSPS) is 12.4. The van der Waals surface area contributed by atoms with E-state index in [1.807, 2.05) is 0 Å². The van der Waals surface area contributed by atoms with E-state index in [1.165, 1.54) is 122 Å². The Bertz CT molecular complexity index is 1040. The van der Waals surface area contributed by atoms with Gasteiger partial charge >= 0.3 is 17.9 Å². The number of rotatable bonds is 45. The van der Waals surface area contributed by atoms with Crippen LogP contribution in [0.4, 0.5) is 0 Å². The average Bonchev–Trinajstić information content (AvgIpc) is 3.23. The molecule has 0 aliphatic carbocycles. The Hall–Kier alpha value is -2.63. The van der Waals surface area contributed by atoms with Crippen molar-refractivity contribution in [2.45, 2.75) is 258 Å². The van der Waals surface area contributed by atoms with Gasteiger partial charge in [-0.2, -0.15) is 0 Å². The summed E-state index contributed by atoms with van der Waals surface area (Å²) in [4.78, 5) is 37.7. The molecule has 0 aliphatic heterocycles. The van der Waals surface area contributed by atoms with Crippen molar-refractivity contribution in [2.75, 3.05) is 13.2 Å². The van der Waals surface area contributed by atoms with Crippen molar-refractivity contribution >= 4 is 17.9 Å². The minimum Gasteiger partial charge on any atom is -0.462 e. The van der Waals surface area contributed by atoms with E-state index in [9.17, 15) is 14.4 Å². The highest BCUT2D eigenvalue weighted by Crippen LogP contribution is 2.14. The first-order valence-corrected chi connectivity index (χ1v) is 25.1. The van der Waals surface area contributed by atoms with E-state index in [2.05, 4.69) is 69.4 Å². The highest BCUT2D eigenvalue weighted by atomic mass is 16.6. The first-order valence-electron chi connectivity index (χ1n) is 25.1. The number of hydrogen-bond acceptors (Lipinski definition) is 6. The van der Waals surface area contributed by atoms with Crippen molar-refractivity contribution in [1.82, 2.24) is 0 Å². The molecular weight excluding hydrogens is 733 g/mol. The molecule has 1 unspecified atom stereocenters. The van der Waals surface area contributed by atoms with Crippen LogP contribution in [0.2, 0.25) is 0 Å². The number of carbonyl (C=O) groups is 3. The lowest BCUT2D eigenvalue weighted by atomic mass is 10.1. The average molecular weight is 827 g/mol. The van der Waals surface area contributed by atoms with E-state index in [0.717, 1.165) is 89.9 Å². The summed E-state index contributed by atoms with van der Waals surface area (Å²) in [5.41, 5.74) is 0. The minimum atomic E-state index is -0.778. The number of unbranched alkanes of at least 4 members (excludes halogenated alkanes) is 26. The van der Waals surface area contributed by atoms with Crippen molar-refractivity contribution < 1.29 is 28.6 Å². The molecule has 0 saturated carbocycles. The topological polar surface area (TPSA) is 78.9 Å². The standard InChI is InChI=1S/C53H94O6/c1-4-7-10-13-16-18-20-22-24-25-26-27-29-30-32-34-37-40-43-46-52(55)58-49-50(48-57-51(54)45-42-39-36-15-12-9-6-3)59-53(56)47-44-41-38-35-33-31-28-23-21-19-17-14-11-8-5-2/h16,18,22-24,26-28,50H,4-15,17,19-21,25,29-49H2,1-3H3/b18-16-,24-22-,27-26-,28-23-. The van der Waals surface area contributed by atoms with Crippen molar-refractivity contribution in [1.29, 1.82) is 0 Å². The predicted molar refractivity (Wildman–Crippen MR) is 252 cm³/mol. The van der Waals surface area contributed by atoms with E-state index in [4.69, 9.17) is 14.2 Å². The minimum absolute atomic E-state index is 0.0799. The first-order chi connectivity index (χ1) is 29.0. The summed E-state index contributed by atoms with van der Waals surface area (Å²) in [6.07, 6.45) is 56.7. The fourth-order valence-electron chi connectivity index (χ4n) is 6.97. The second kappa shape index (κ2) is 48.0. The summed E-state index contributed by atoms with van der Waals surface area (Å²) in [5, 5.41) is 0. The number of hydrogen-bond donors (Lipinski definition) is 0. The van der Waals surface area contributed by atoms with Gasteiger partial charge in [-0.1, -0.05) is 198 Å². The summed E-state index contributed by atoms with van der Waals surface area (Å²) in [6.45, 7) is 6.55. The SMILES string of the molecule is CCCCC/C=C\C/C=C\C/C=C\CCCCCCCCC(=O)OCC(COC(=O)CCCCCCCCC)OC(=O)CCCCCCC/C=C\CCCCCCCC. The Balaban J connectivity index is 4.29. The Labute approximate surface area is 365 Å².